The molecule has 1 saturated carbocycles. The molecule has 0 spiro atoms. The smallest absolute Gasteiger partial charge is 0.264 e. The first-order valence-corrected chi connectivity index (χ1v) is 16.7. The van der Waals surface area contributed by atoms with Crippen molar-refractivity contribution in [1.29, 1.82) is 0 Å². The molecule has 3 aromatic carbocycles. The lowest BCUT2D eigenvalue weighted by atomic mass is 10.1. The number of ether oxygens (including phenoxy) is 3. The van der Waals surface area contributed by atoms with Gasteiger partial charge in [-0.1, -0.05) is 36.6 Å². The second kappa shape index (κ2) is 15.4. The van der Waals surface area contributed by atoms with Crippen LogP contribution in [-0.2, 0) is 26.2 Å². The zero-order valence-electron chi connectivity index (χ0n) is 26.0. The molecule has 1 atom stereocenters. The first kappa shape index (κ1) is 33.9. The highest BCUT2D eigenvalue weighted by Crippen LogP contribution is 2.33. The van der Waals surface area contributed by atoms with Crippen molar-refractivity contribution < 1.29 is 32.2 Å². The molecule has 1 N–H and O–H groups in total. The van der Waals surface area contributed by atoms with Gasteiger partial charge in [-0.2, -0.15) is 0 Å². The number of anilines is 1. The molecule has 0 radical (unpaired) electrons. The summed E-state index contributed by atoms with van der Waals surface area (Å²) in [5, 5.41) is 3.60. The largest absolute Gasteiger partial charge is 0.494 e. The minimum atomic E-state index is -4.32. The quantitative estimate of drug-likeness (QED) is 0.246. The lowest BCUT2D eigenvalue weighted by Gasteiger charge is -2.32. The van der Waals surface area contributed by atoms with E-state index in [2.05, 4.69) is 5.32 Å². The van der Waals surface area contributed by atoms with Crippen LogP contribution in [0.2, 0.25) is 5.02 Å². The molecular weight excluding hydrogens is 618 g/mol. The molecule has 0 aromatic heterocycles. The number of hydrogen-bond acceptors (Lipinski definition) is 7. The van der Waals surface area contributed by atoms with Crippen molar-refractivity contribution in [2.24, 2.45) is 0 Å². The molecule has 10 nitrogen and oxygen atoms in total. The molecule has 1 aliphatic carbocycles. The standard InChI is InChI=1S/C33H40ClN3O7S/c1-5-44-28-16-14-27(15-17-28)37(45(40,41)29-18-19-30(42-3)31(20-29)43-4)22-32(38)36(21-24-10-12-25(34)13-11-24)23(2)33(39)35-26-8-6-7-9-26/h10-20,23,26H,5-9,21-22H2,1-4H3,(H,35,39). The Morgan fingerprint density at radius 3 is 2.20 bits per heavy atom. The van der Waals surface area contributed by atoms with Gasteiger partial charge in [-0.3, -0.25) is 13.9 Å². The van der Waals surface area contributed by atoms with Crippen LogP contribution < -0.4 is 23.8 Å². The summed E-state index contributed by atoms with van der Waals surface area (Å²) >= 11 is 6.09. The summed E-state index contributed by atoms with van der Waals surface area (Å²) in [7, 11) is -1.45. The predicted molar refractivity (Wildman–Crippen MR) is 174 cm³/mol. The number of methoxy groups -OCH3 is 2. The third-order valence-corrected chi connectivity index (χ3v) is 9.81. The van der Waals surface area contributed by atoms with Gasteiger partial charge < -0.3 is 24.4 Å². The molecule has 45 heavy (non-hydrogen) atoms. The van der Waals surface area contributed by atoms with E-state index < -0.39 is 28.5 Å². The number of rotatable bonds is 14. The number of amides is 2. The molecular formula is C33H40ClN3O7S. The van der Waals surface area contributed by atoms with E-state index in [0.29, 0.717) is 23.1 Å². The van der Waals surface area contributed by atoms with Gasteiger partial charge in [-0.05, 0) is 80.8 Å². The maximum Gasteiger partial charge on any atom is 0.264 e. The first-order valence-electron chi connectivity index (χ1n) is 14.9. The van der Waals surface area contributed by atoms with Crippen molar-refractivity contribution >= 4 is 39.1 Å². The molecule has 242 valence electrons. The van der Waals surface area contributed by atoms with Crippen LogP contribution >= 0.6 is 11.6 Å². The molecule has 1 unspecified atom stereocenters. The van der Waals surface area contributed by atoms with Gasteiger partial charge in [0.15, 0.2) is 11.5 Å². The first-order chi connectivity index (χ1) is 21.6. The molecule has 1 fully saturated rings. The fourth-order valence-corrected chi connectivity index (χ4v) is 6.83. The van der Waals surface area contributed by atoms with Crippen LogP contribution in [-0.4, -0.2) is 64.6 Å². The normalized spacial score (nSPS) is 14.0. The van der Waals surface area contributed by atoms with E-state index in [-0.39, 0.29) is 34.8 Å². The molecule has 3 aromatic rings. The summed E-state index contributed by atoms with van der Waals surface area (Å²) in [4.78, 5) is 28.9. The number of benzene rings is 3. The number of hydrogen-bond donors (Lipinski definition) is 1. The highest BCUT2D eigenvalue weighted by Gasteiger charge is 2.34. The summed E-state index contributed by atoms with van der Waals surface area (Å²) in [5.74, 6) is 0.281. The van der Waals surface area contributed by atoms with Crippen LogP contribution in [0, 0.1) is 0 Å². The third kappa shape index (κ3) is 8.40. The Morgan fingerprint density at radius 2 is 1.60 bits per heavy atom. The number of nitrogens with zero attached hydrogens (tertiary/aromatic N) is 2. The van der Waals surface area contributed by atoms with Gasteiger partial charge in [0.25, 0.3) is 10.0 Å². The van der Waals surface area contributed by atoms with E-state index in [1.54, 1.807) is 55.5 Å². The van der Waals surface area contributed by atoms with Crippen LogP contribution in [0.1, 0.15) is 45.1 Å². The molecule has 0 bridgehead atoms. The zero-order valence-corrected chi connectivity index (χ0v) is 27.6. The van der Waals surface area contributed by atoms with Crippen molar-refractivity contribution in [3.05, 3.63) is 77.3 Å². The summed E-state index contributed by atoms with van der Waals surface area (Å²) < 4.78 is 45.7. The predicted octanol–water partition coefficient (Wildman–Crippen LogP) is 5.43. The number of halogens is 1. The molecule has 2 amide bonds. The van der Waals surface area contributed by atoms with Gasteiger partial charge in [0.2, 0.25) is 11.8 Å². The van der Waals surface area contributed by atoms with Crippen LogP contribution in [0.25, 0.3) is 0 Å². The van der Waals surface area contributed by atoms with Crippen LogP contribution in [0.5, 0.6) is 17.2 Å². The molecule has 0 saturated heterocycles. The van der Waals surface area contributed by atoms with Gasteiger partial charge in [0.05, 0.1) is 31.4 Å². The topological polar surface area (TPSA) is 114 Å². The average molecular weight is 658 g/mol. The second-order valence-corrected chi connectivity index (χ2v) is 13.1. The minimum absolute atomic E-state index is 0.0539. The lowest BCUT2D eigenvalue weighted by Crippen LogP contribution is -2.52. The van der Waals surface area contributed by atoms with E-state index >= 15 is 0 Å². The zero-order chi connectivity index (χ0) is 32.6. The van der Waals surface area contributed by atoms with Gasteiger partial charge in [0, 0.05) is 23.7 Å². The molecule has 4 rings (SSSR count). The van der Waals surface area contributed by atoms with Gasteiger partial charge in [-0.25, -0.2) is 8.42 Å². The van der Waals surface area contributed by atoms with Crippen molar-refractivity contribution in [1.82, 2.24) is 10.2 Å². The van der Waals surface area contributed by atoms with E-state index in [4.69, 9.17) is 25.8 Å². The van der Waals surface area contributed by atoms with Crippen molar-refractivity contribution in [2.75, 3.05) is 31.7 Å². The van der Waals surface area contributed by atoms with E-state index in [9.17, 15) is 18.0 Å². The Labute approximate surface area is 270 Å². The van der Waals surface area contributed by atoms with E-state index in [1.807, 2.05) is 6.92 Å². The van der Waals surface area contributed by atoms with Crippen LogP contribution in [0.15, 0.2) is 71.6 Å². The van der Waals surface area contributed by atoms with Gasteiger partial charge in [0.1, 0.15) is 18.3 Å². The highest BCUT2D eigenvalue weighted by molar-refractivity contribution is 7.92. The Morgan fingerprint density at radius 1 is 0.956 bits per heavy atom. The van der Waals surface area contributed by atoms with Crippen molar-refractivity contribution in [2.45, 2.75) is 63.1 Å². The summed E-state index contributed by atoms with van der Waals surface area (Å²) in [6.45, 7) is 3.44. The second-order valence-electron chi connectivity index (χ2n) is 10.8. The highest BCUT2D eigenvalue weighted by atomic mass is 35.5. The fraction of sp³-hybridized carbons (Fsp3) is 0.394. The molecule has 0 heterocycles. The van der Waals surface area contributed by atoms with Gasteiger partial charge >= 0.3 is 0 Å². The van der Waals surface area contributed by atoms with E-state index in [0.717, 1.165) is 35.6 Å². The Balaban J connectivity index is 1.72. The molecule has 12 heteroatoms. The van der Waals surface area contributed by atoms with Crippen LogP contribution in [0.3, 0.4) is 0 Å². The van der Waals surface area contributed by atoms with Gasteiger partial charge in [-0.15, -0.1) is 0 Å². The fourth-order valence-electron chi connectivity index (χ4n) is 5.27. The van der Waals surface area contributed by atoms with Crippen LogP contribution in [0.4, 0.5) is 5.69 Å². The van der Waals surface area contributed by atoms with Crippen molar-refractivity contribution in [3.63, 3.8) is 0 Å². The number of sulfonamides is 1. The summed E-state index contributed by atoms with van der Waals surface area (Å²) in [6.07, 6.45) is 3.85. The Bertz CT molecular complexity index is 1560. The molecule has 0 aliphatic heterocycles. The summed E-state index contributed by atoms with van der Waals surface area (Å²) in [6, 6.07) is 16.8. The Hall–Kier alpha value is -3.96. The monoisotopic (exact) mass is 657 g/mol. The Kier molecular flexibility index (Phi) is 11.6. The third-order valence-electron chi connectivity index (χ3n) is 7.79. The maximum absolute atomic E-state index is 14.2. The number of carbonyl (C=O) groups excluding carboxylic acids is 2. The summed E-state index contributed by atoms with van der Waals surface area (Å²) in [5.41, 5.74) is 0.986. The lowest BCUT2D eigenvalue weighted by molar-refractivity contribution is -0.139. The number of carbonyl (C=O) groups is 2. The maximum atomic E-state index is 14.2. The SMILES string of the molecule is CCOc1ccc(N(CC(=O)N(Cc2ccc(Cl)cc2)C(C)C(=O)NC2CCCC2)S(=O)(=O)c2ccc(OC)c(OC)c2)cc1. The molecule has 1 aliphatic rings. The average Bonchev–Trinajstić information content (AvgIpc) is 3.56. The number of nitrogens with one attached hydrogen (secondary N) is 1. The van der Waals surface area contributed by atoms with Crippen molar-refractivity contribution in [3.8, 4) is 17.2 Å². The van der Waals surface area contributed by atoms with E-state index in [1.165, 1.54) is 37.3 Å². The minimum Gasteiger partial charge on any atom is -0.494 e.